The third-order valence-corrected chi connectivity index (χ3v) is 7.46. The summed E-state index contributed by atoms with van der Waals surface area (Å²) in [5.74, 6) is 0.515. The molecule has 2 heterocycles. The van der Waals surface area contributed by atoms with E-state index in [0.29, 0.717) is 18.8 Å². The summed E-state index contributed by atoms with van der Waals surface area (Å²) in [6, 6.07) is 13.4. The monoisotopic (exact) mass is 472 g/mol. The fourth-order valence-corrected chi connectivity index (χ4v) is 5.34. The Hall–Kier alpha value is -2.72. The van der Waals surface area contributed by atoms with Gasteiger partial charge in [-0.05, 0) is 41.8 Å². The highest BCUT2D eigenvalue weighted by Gasteiger charge is 2.32. The van der Waals surface area contributed by atoms with Crippen molar-refractivity contribution in [1.29, 1.82) is 0 Å². The Balaban J connectivity index is 1.39. The van der Waals surface area contributed by atoms with Gasteiger partial charge in [0, 0.05) is 13.1 Å². The second-order valence-electron chi connectivity index (χ2n) is 8.14. The van der Waals surface area contributed by atoms with Gasteiger partial charge in [-0.1, -0.05) is 36.4 Å². The number of sulfonamides is 1. The number of benzene rings is 2. The van der Waals surface area contributed by atoms with Gasteiger partial charge < -0.3 is 19.5 Å². The number of methoxy groups -OCH3 is 1. The maximum absolute atomic E-state index is 12.8. The quantitative estimate of drug-likeness (QED) is 0.594. The van der Waals surface area contributed by atoms with E-state index in [1.54, 1.807) is 24.3 Å². The first-order valence-electron chi connectivity index (χ1n) is 10.8. The average molecular weight is 473 g/mol. The first-order chi connectivity index (χ1) is 15.9. The molecule has 0 fully saturated rings. The normalized spacial score (nSPS) is 22.6. The fourth-order valence-electron chi connectivity index (χ4n) is 4.12. The zero-order valence-electron chi connectivity index (χ0n) is 18.4. The molecule has 0 bridgehead atoms. The Labute approximate surface area is 193 Å². The number of amides is 1. The van der Waals surface area contributed by atoms with Crippen LogP contribution in [-0.4, -0.2) is 62.8 Å². The minimum Gasteiger partial charge on any atom is -0.497 e. The van der Waals surface area contributed by atoms with Crippen molar-refractivity contribution in [1.82, 2.24) is 9.62 Å². The zero-order chi connectivity index (χ0) is 23.4. The molecule has 2 aromatic rings. The lowest BCUT2D eigenvalue weighted by Gasteiger charge is -2.33. The number of nitrogens with one attached hydrogen (secondary N) is 1. The molecule has 0 aliphatic carbocycles. The largest absolute Gasteiger partial charge is 0.497 e. The van der Waals surface area contributed by atoms with E-state index in [9.17, 15) is 18.3 Å². The average Bonchev–Trinajstić information content (AvgIpc) is 2.84. The second-order valence-corrected chi connectivity index (χ2v) is 9.86. The minimum atomic E-state index is -3.84. The van der Waals surface area contributed by atoms with Crippen LogP contribution in [0.3, 0.4) is 0 Å². The van der Waals surface area contributed by atoms with Crippen LogP contribution < -0.4 is 9.46 Å². The third-order valence-electron chi connectivity index (χ3n) is 5.98. The number of carbonyl (C=O) groups is 1. The SMILES string of the molecule is COc1ccc(S(=O)(=O)N[C@@H]2C=C[C@H](CC(=O)N3CCc4ccccc4C3)O[C@@H]2CO)cc1. The highest BCUT2D eigenvalue weighted by molar-refractivity contribution is 7.89. The van der Waals surface area contributed by atoms with E-state index in [1.807, 2.05) is 23.1 Å². The summed E-state index contributed by atoms with van der Waals surface area (Å²) in [4.78, 5) is 14.7. The van der Waals surface area contributed by atoms with Crippen molar-refractivity contribution in [2.75, 3.05) is 20.3 Å². The number of rotatable bonds is 7. The van der Waals surface area contributed by atoms with Crippen LogP contribution in [0, 0.1) is 0 Å². The van der Waals surface area contributed by atoms with E-state index >= 15 is 0 Å². The topological polar surface area (TPSA) is 105 Å². The van der Waals surface area contributed by atoms with Gasteiger partial charge in [0.2, 0.25) is 15.9 Å². The molecule has 0 radical (unpaired) electrons. The van der Waals surface area contributed by atoms with Gasteiger partial charge >= 0.3 is 0 Å². The van der Waals surface area contributed by atoms with Crippen molar-refractivity contribution in [3.8, 4) is 5.75 Å². The lowest BCUT2D eigenvalue weighted by Crippen LogP contribution is -2.49. The Morgan fingerprint density at radius 3 is 2.58 bits per heavy atom. The number of hydrogen-bond acceptors (Lipinski definition) is 6. The molecule has 8 nitrogen and oxygen atoms in total. The van der Waals surface area contributed by atoms with Crippen molar-refractivity contribution in [3.05, 3.63) is 71.8 Å². The van der Waals surface area contributed by atoms with Gasteiger partial charge in [0.15, 0.2) is 0 Å². The molecular weight excluding hydrogens is 444 g/mol. The number of hydrogen-bond donors (Lipinski definition) is 2. The molecule has 1 amide bonds. The molecule has 2 aromatic carbocycles. The summed E-state index contributed by atoms with van der Waals surface area (Å²) in [6.45, 7) is 0.834. The smallest absolute Gasteiger partial charge is 0.241 e. The van der Waals surface area contributed by atoms with Crippen LogP contribution in [0.25, 0.3) is 0 Å². The van der Waals surface area contributed by atoms with Crippen LogP contribution in [-0.2, 0) is 32.5 Å². The first-order valence-corrected chi connectivity index (χ1v) is 12.3. The van der Waals surface area contributed by atoms with Crippen molar-refractivity contribution in [2.45, 2.75) is 42.5 Å². The summed E-state index contributed by atoms with van der Waals surface area (Å²) in [5.41, 5.74) is 2.42. The lowest BCUT2D eigenvalue weighted by molar-refractivity contribution is -0.136. The van der Waals surface area contributed by atoms with Crippen molar-refractivity contribution in [3.63, 3.8) is 0 Å². The van der Waals surface area contributed by atoms with Crippen LogP contribution in [0.5, 0.6) is 5.75 Å². The molecule has 0 saturated carbocycles. The van der Waals surface area contributed by atoms with Gasteiger partial charge in [-0.15, -0.1) is 0 Å². The van der Waals surface area contributed by atoms with E-state index in [2.05, 4.69) is 10.8 Å². The van der Waals surface area contributed by atoms with Gasteiger partial charge in [-0.25, -0.2) is 13.1 Å². The second kappa shape index (κ2) is 10.0. The van der Waals surface area contributed by atoms with Crippen LogP contribution in [0.4, 0.5) is 0 Å². The molecule has 2 aliphatic heterocycles. The predicted octanol–water partition coefficient (Wildman–Crippen LogP) is 1.63. The van der Waals surface area contributed by atoms with Gasteiger partial charge in [-0.3, -0.25) is 4.79 Å². The molecule has 0 unspecified atom stereocenters. The first kappa shape index (κ1) is 23.4. The molecule has 0 saturated heterocycles. The molecule has 4 rings (SSSR count). The van der Waals surface area contributed by atoms with E-state index < -0.39 is 28.3 Å². The summed E-state index contributed by atoms with van der Waals surface area (Å²) in [5, 5.41) is 9.80. The van der Waals surface area contributed by atoms with Gasteiger partial charge in [0.25, 0.3) is 0 Å². The van der Waals surface area contributed by atoms with Crippen molar-refractivity contribution in [2.24, 2.45) is 0 Å². The molecule has 3 atom stereocenters. The molecule has 0 aromatic heterocycles. The minimum absolute atomic E-state index is 0.0342. The summed E-state index contributed by atoms with van der Waals surface area (Å²) in [6.07, 6.45) is 2.94. The molecule has 33 heavy (non-hydrogen) atoms. The molecule has 0 spiro atoms. The maximum atomic E-state index is 12.8. The van der Waals surface area contributed by atoms with Gasteiger partial charge in [0.1, 0.15) is 11.9 Å². The number of carbonyl (C=O) groups excluding carboxylic acids is 1. The summed E-state index contributed by atoms with van der Waals surface area (Å²) >= 11 is 0. The molecule has 2 N–H and O–H groups in total. The van der Waals surface area contributed by atoms with Gasteiger partial charge in [0.05, 0.1) is 37.2 Å². The van der Waals surface area contributed by atoms with E-state index in [0.717, 1.165) is 12.0 Å². The van der Waals surface area contributed by atoms with E-state index in [4.69, 9.17) is 9.47 Å². The number of fused-ring (bicyclic) bond motifs is 1. The summed E-state index contributed by atoms with van der Waals surface area (Å²) in [7, 11) is -2.33. The molecule has 176 valence electrons. The third kappa shape index (κ3) is 5.44. The summed E-state index contributed by atoms with van der Waals surface area (Å²) < 4.78 is 39.0. The molecular formula is C24H28N2O6S. The van der Waals surface area contributed by atoms with Gasteiger partial charge in [-0.2, -0.15) is 0 Å². The number of aliphatic hydroxyl groups is 1. The highest BCUT2D eigenvalue weighted by atomic mass is 32.2. The van der Waals surface area contributed by atoms with Crippen LogP contribution in [0.2, 0.25) is 0 Å². The van der Waals surface area contributed by atoms with Crippen LogP contribution in [0.1, 0.15) is 17.5 Å². The Kier molecular flexibility index (Phi) is 7.14. The van der Waals surface area contributed by atoms with Crippen molar-refractivity contribution < 1.29 is 27.8 Å². The Morgan fingerprint density at radius 1 is 1.15 bits per heavy atom. The molecule has 9 heteroatoms. The van der Waals surface area contributed by atoms with Crippen molar-refractivity contribution >= 4 is 15.9 Å². The standard InChI is InChI=1S/C24H28N2O6S/c1-31-19-6-9-21(10-7-19)33(29,30)25-22-11-8-20(32-23(22)16-27)14-24(28)26-13-12-17-4-2-3-5-18(17)15-26/h2-11,20,22-23,25,27H,12-16H2,1H3/t20-,22-,23-/m1/s1. The molecule has 2 aliphatic rings. The maximum Gasteiger partial charge on any atom is 0.241 e. The number of ether oxygens (including phenoxy) is 2. The lowest BCUT2D eigenvalue weighted by atomic mass is 9.99. The van der Waals surface area contributed by atoms with E-state index in [-0.39, 0.29) is 23.8 Å². The Bertz CT molecular complexity index is 1120. The van der Waals surface area contributed by atoms with Crippen LogP contribution >= 0.6 is 0 Å². The Morgan fingerprint density at radius 2 is 1.88 bits per heavy atom. The zero-order valence-corrected chi connectivity index (χ0v) is 19.2. The number of aliphatic hydroxyl groups excluding tert-OH is 1. The fraction of sp³-hybridized carbons (Fsp3) is 0.375. The number of nitrogens with zero attached hydrogens (tertiary/aromatic N) is 1. The van der Waals surface area contributed by atoms with E-state index in [1.165, 1.54) is 24.8 Å². The van der Waals surface area contributed by atoms with Crippen LogP contribution in [0.15, 0.2) is 65.6 Å². The predicted molar refractivity (Wildman–Crippen MR) is 122 cm³/mol. The highest BCUT2D eigenvalue weighted by Crippen LogP contribution is 2.23.